The quantitative estimate of drug-likeness (QED) is 0.870. The second-order valence-corrected chi connectivity index (χ2v) is 4.76. The molecule has 1 aliphatic carbocycles. The zero-order valence-electron chi connectivity index (χ0n) is 9.47. The number of aliphatic carboxylic acids is 1. The average Bonchev–Trinajstić information content (AvgIpc) is 3.13. The number of fused-ring (bicyclic) bond motifs is 1. The number of benzene rings is 2. The highest BCUT2D eigenvalue weighted by Gasteiger charge is 2.37. The lowest BCUT2D eigenvalue weighted by Crippen LogP contribution is -2.13. The molecule has 0 aromatic heterocycles. The van der Waals surface area contributed by atoms with Crippen LogP contribution in [0.5, 0.6) is 0 Å². The fraction of sp³-hybridized carbons (Fsp3) is 0.267. The lowest BCUT2D eigenvalue weighted by Gasteiger charge is -2.12. The fourth-order valence-corrected chi connectivity index (χ4v) is 2.45. The van der Waals surface area contributed by atoms with Crippen molar-refractivity contribution in [1.29, 1.82) is 0 Å². The summed E-state index contributed by atoms with van der Waals surface area (Å²) in [4.78, 5) is 11.3. The van der Waals surface area contributed by atoms with Crippen LogP contribution in [0, 0.1) is 5.92 Å². The normalized spacial score (nSPS) is 16.9. The van der Waals surface area contributed by atoms with Crippen molar-refractivity contribution in [3.05, 3.63) is 48.0 Å². The van der Waals surface area contributed by atoms with E-state index in [0.29, 0.717) is 5.92 Å². The van der Waals surface area contributed by atoms with E-state index >= 15 is 0 Å². The largest absolute Gasteiger partial charge is 0.481 e. The third-order valence-corrected chi connectivity index (χ3v) is 3.49. The Morgan fingerprint density at radius 3 is 2.47 bits per heavy atom. The number of hydrogen-bond acceptors (Lipinski definition) is 1. The third-order valence-electron chi connectivity index (χ3n) is 3.49. The topological polar surface area (TPSA) is 37.3 Å². The van der Waals surface area contributed by atoms with Gasteiger partial charge < -0.3 is 5.11 Å². The lowest BCUT2D eigenvalue weighted by atomic mass is 9.92. The van der Waals surface area contributed by atoms with Gasteiger partial charge in [-0.05, 0) is 35.1 Å². The Hall–Kier alpha value is -1.83. The van der Waals surface area contributed by atoms with Crippen LogP contribution in [-0.4, -0.2) is 11.1 Å². The number of carboxylic acids is 1. The zero-order chi connectivity index (χ0) is 11.8. The summed E-state index contributed by atoms with van der Waals surface area (Å²) < 4.78 is 0. The maximum atomic E-state index is 11.3. The predicted molar refractivity (Wildman–Crippen MR) is 67.0 cm³/mol. The standard InChI is InChI=1S/C15H14O2/c16-15(17)14(11-6-7-11)13-8-5-10-3-1-2-4-12(10)9-13/h1-5,8-9,11,14H,6-7H2,(H,16,17). The van der Waals surface area contributed by atoms with Gasteiger partial charge in [0, 0.05) is 0 Å². The van der Waals surface area contributed by atoms with Crippen LogP contribution in [-0.2, 0) is 4.79 Å². The number of carboxylic acid groups (broad SMARTS) is 1. The third kappa shape index (κ3) is 1.91. The Morgan fingerprint density at radius 2 is 1.82 bits per heavy atom. The monoisotopic (exact) mass is 226 g/mol. The minimum Gasteiger partial charge on any atom is -0.481 e. The summed E-state index contributed by atoms with van der Waals surface area (Å²) in [5.41, 5.74) is 0.943. The van der Waals surface area contributed by atoms with Gasteiger partial charge in [0.05, 0.1) is 5.92 Å². The van der Waals surface area contributed by atoms with Crippen LogP contribution in [0.4, 0.5) is 0 Å². The maximum absolute atomic E-state index is 11.3. The highest BCUT2D eigenvalue weighted by atomic mass is 16.4. The maximum Gasteiger partial charge on any atom is 0.311 e. The van der Waals surface area contributed by atoms with E-state index < -0.39 is 5.97 Å². The first-order chi connectivity index (χ1) is 8.25. The molecule has 2 aromatic carbocycles. The summed E-state index contributed by atoms with van der Waals surface area (Å²) in [6.07, 6.45) is 2.09. The molecule has 1 saturated carbocycles. The highest BCUT2D eigenvalue weighted by Crippen LogP contribution is 2.43. The van der Waals surface area contributed by atoms with Gasteiger partial charge in [-0.15, -0.1) is 0 Å². The first-order valence-corrected chi connectivity index (χ1v) is 5.97. The molecule has 0 heterocycles. The molecule has 2 heteroatoms. The molecule has 1 unspecified atom stereocenters. The number of hydrogen-bond donors (Lipinski definition) is 1. The molecule has 0 bridgehead atoms. The van der Waals surface area contributed by atoms with Gasteiger partial charge in [0.15, 0.2) is 0 Å². The van der Waals surface area contributed by atoms with Crippen LogP contribution in [0.15, 0.2) is 42.5 Å². The summed E-state index contributed by atoms with van der Waals surface area (Å²) in [5.74, 6) is -0.670. The summed E-state index contributed by atoms with van der Waals surface area (Å²) in [6.45, 7) is 0. The van der Waals surface area contributed by atoms with Crippen molar-refractivity contribution in [3.8, 4) is 0 Å². The van der Waals surface area contributed by atoms with Crippen molar-refractivity contribution in [2.75, 3.05) is 0 Å². The van der Waals surface area contributed by atoms with E-state index in [0.717, 1.165) is 29.2 Å². The van der Waals surface area contributed by atoms with Crippen LogP contribution < -0.4 is 0 Å². The molecule has 0 spiro atoms. The molecule has 86 valence electrons. The fourth-order valence-electron chi connectivity index (χ4n) is 2.45. The summed E-state index contributed by atoms with van der Waals surface area (Å²) in [6, 6.07) is 14.1. The van der Waals surface area contributed by atoms with Gasteiger partial charge in [-0.25, -0.2) is 0 Å². The predicted octanol–water partition coefficient (Wildman–Crippen LogP) is 3.42. The van der Waals surface area contributed by atoms with E-state index in [9.17, 15) is 9.90 Å². The van der Waals surface area contributed by atoms with Crippen molar-refractivity contribution < 1.29 is 9.90 Å². The van der Waals surface area contributed by atoms with Crippen molar-refractivity contribution in [2.45, 2.75) is 18.8 Å². The molecule has 2 aromatic rings. The lowest BCUT2D eigenvalue weighted by molar-refractivity contribution is -0.139. The van der Waals surface area contributed by atoms with Gasteiger partial charge in [0.1, 0.15) is 0 Å². The van der Waals surface area contributed by atoms with Crippen molar-refractivity contribution in [1.82, 2.24) is 0 Å². The second kappa shape index (κ2) is 3.88. The molecule has 0 radical (unpaired) electrons. The van der Waals surface area contributed by atoms with E-state index in [1.54, 1.807) is 0 Å². The van der Waals surface area contributed by atoms with Crippen molar-refractivity contribution in [3.63, 3.8) is 0 Å². The molecule has 1 atom stereocenters. The van der Waals surface area contributed by atoms with E-state index in [1.165, 1.54) is 0 Å². The summed E-state index contributed by atoms with van der Waals surface area (Å²) in [7, 11) is 0. The second-order valence-electron chi connectivity index (χ2n) is 4.76. The van der Waals surface area contributed by atoms with Gasteiger partial charge in [0.2, 0.25) is 0 Å². The molecule has 1 N–H and O–H groups in total. The molecular weight excluding hydrogens is 212 g/mol. The zero-order valence-corrected chi connectivity index (χ0v) is 9.47. The SMILES string of the molecule is O=C(O)C(c1ccc2ccccc2c1)C1CC1. The van der Waals surface area contributed by atoms with Crippen molar-refractivity contribution in [2.24, 2.45) is 5.92 Å². The number of rotatable bonds is 3. The summed E-state index contributed by atoms with van der Waals surface area (Å²) >= 11 is 0. The molecule has 0 amide bonds. The van der Waals surface area contributed by atoms with Gasteiger partial charge in [-0.1, -0.05) is 42.5 Å². The average molecular weight is 226 g/mol. The molecule has 1 fully saturated rings. The first-order valence-electron chi connectivity index (χ1n) is 5.97. The van der Waals surface area contributed by atoms with Gasteiger partial charge >= 0.3 is 5.97 Å². The Morgan fingerprint density at radius 1 is 1.12 bits per heavy atom. The van der Waals surface area contributed by atoms with E-state index in [-0.39, 0.29) is 5.92 Å². The molecule has 2 nitrogen and oxygen atoms in total. The molecule has 17 heavy (non-hydrogen) atoms. The Bertz CT molecular complexity index is 570. The molecular formula is C15H14O2. The molecule has 3 rings (SSSR count). The summed E-state index contributed by atoms with van der Waals surface area (Å²) in [5, 5.41) is 11.6. The van der Waals surface area contributed by atoms with Crippen LogP contribution in [0.1, 0.15) is 24.3 Å². The van der Waals surface area contributed by atoms with E-state index in [1.807, 2.05) is 42.5 Å². The minimum atomic E-state index is -0.692. The molecule has 0 aliphatic heterocycles. The first kappa shape index (κ1) is 10.3. The Kier molecular flexibility index (Phi) is 2.36. The van der Waals surface area contributed by atoms with Gasteiger partial charge in [0.25, 0.3) is 0 Å². The Labute approximate surface area is 99.9 Å². The number of carbonyl (C=O) groups is 1. The minimum absolute atomic E-state index is 0.320. The van der Waals surface area contributed by atoms with Crippen LogP contribution in [0.25, 0.3) is 10.8 Å². The molecule has 1 aliphatic rings. The van der Waals surface area contributed by atoms with E-state index in [4.69, 9.17) is 0 Å². The van der Waals surface area contributed by atoms with Gasteiger partial charge in [-0.2, -0.15) is 0 Å². The highest BCUT2D eigenvalue weighted by molar-refractivity contribution is 5.85. The van der Waals surface area contributed by atoms with Crippen LogP contribution in [0.2, 0.25) is 0 Å². The Balaban J connectivity index is 2.07. The van der Waals surface area contributed by atoms with E-state index in [2.05, 4.69) is 0 Å². The molecule has 0 saturated heterocycles. The van der Waals surface area contributed by atoms with Crippen LogP contribution >= 0.6 is 0 Å². The van der Waals surface area contributed by atoms with Crippen molar-refractivity contribution >= 4 is 16.7 Å². The van der Waals surface area contributed by atoms with Gasteiger partial charge in [-0.3, -0.25) is 4.79 Å². The van der Waals surface area contributed by atoms with Crippen LogP contribution in [0.3, 0.4) is 0 Å². The smallest absolute Gasteiger partial charge is 0.311 e.